The smallest absolute Gasteiger partial charge is 0.327 e. The fourth-order valence-electron chi connectivity index (χ4n) is 1.84. The molecule has 3 nitrogen and oxygen atoms in total. The molecule has 1 unspecified atom stereocenters. The summed E-state index contributed by atoms with van der Waals surface area (Å²) >= 11 is 6.00. The molecule has 0 amide bonds. The number of hydrogen-bond donors (Lipinski definition) is 1. The Bertz CT molecular complexity index is 407. The Morgan fingerprint density at radius 1 is 1.33 bits per heavy atom. The molecule has 0 aromatic heterocycles. The van der Waals surface area contributed by atoms with E-state index in [2.05, 4.69) is 13.8 Å². The first-order valence-corrected chi connectivity index (χ1v) is 6.50. The number of esters is 1. The van der Waals surface area contributed by atoms with E-state index in [4.69, 9.17) is 22.1 Å². The van der Waals surface area contributed by atoms with Crippen LogP contribution in [-0.2, 0) is 9.53 Å². The molecular weight excluding hydrogens is 250 g/mol. The van der Waals surface area contributed by atoms with E-state index in [-0.39, 0.29) is 6.10 Å². The van der Waals surface area contributed by atoms with Crippen LogP contribution in [0.1, 0.15) is 38.8 Å². The predicted molar refractivity (Wildman–Crippen MR) is 73.4 cm³/mol. The highest BCUT2D eigenvalue weighted by molar-refractivity contribution is 6.31. The second kappa shape index (κ2) is 6.76. The van der Waals surface area contributed by atoms with E-state index in [1.165, 1.54) is 0 Å². The van der Waals surface area contributed by atoms with Gasteiger partial charge in [0.25, 0.3) is 0 Å². The molecule has 0 aliphatic rings. The van der Waals surface area contributed by atoms with Gasteiger partial charge in [-0.2, -0.15) is 0 Å². The van der Waals surface area contributed by atoms with Gasteiger partial charge in [-0.25, -0.2) is 4.79 Å². The number of rotatable bonds is 5. The number of nitrogens with two attached hydrogens (primary N) is 1. The highest BCUT2D eigenvalue weighted by Gasteiger charge is 2.21. The Hall–Kier alpha value is -1.06. The summed E-state index contributed by atoms with van der Waals surface area (Å²) in [6, 6.07) is 6.22. The zero-order chi connectivity index (χ0) is 13.7. The monoisotopic (exact) mass is 269 g/mol. The van der Waals surface area contributed by atoms with E-state index in [1.54, 1.807) is 24.3 Å². The number of halogens is 1. The second-order valence-corrected chi connectivity index (χ2v) is 5.28. The fraction of sp³-hybridized carbons (Fsp3) is 0.500. The van der Waals surface area contributed by atoms with Crippen LogP contribution in [0.4, 0.5) is 0 Å². The van der Waals surface area contributed by atoms with Gasteiger partial charge in [0.1, 0.15) is 6.04 Å². The van der Waals surface area contributed by atoms with Crippen molar-refractivity contribution < 1.29 is 9.53 Å². The van der Waals surface area contributed by atoms with E-state index in [0.29, 0.717) is 16.5 Å². The van der Waals surface area contributed by atoms with Crippen molar-refractivity contribution >= 4 is 17.6 Å². The van der Waals surface area contributed by atoms with Gasteiger partial charge in [-0.1, -0.05) is 43.6 Å². The minimum absolute atomic E-state index is 0.133. The van der Waals surface area contributed by atoms with Gasteiger partial charge < -0.3 is 10.5 Å². The lowest BCUT2D eigenvalue weighted by molar-refractivity contribution is -0.150. The van der Waals surface area contributed by atoms with Crippen molar-refractivity contribution in [2.75, 3.05) is 0 Å². The van der Waals surface area contributed by atoms with Gasteiger partial charge in [0.05, 0.1) is 6.10 Å². The third-order valence-electron chi connectivity index (χ3n) is 2.61. The normalized spacial score (nSPS) is 14.3. The Labute approximate surface area is 113 Å². The maximum atomic E-state index is 11.9. The molecule has 0 bridgehead atoms. The molecular formula is C14H20ClNO2. The van der Waals surface area contributed by atoms with Crippen LogP contribution in [0.3, 0.4) is 0 Å². The molecule has 2 atom stereocenters. The lowest BCUT2D eigenvalue weighted by Crippen LogP contribution is -2.27. The molecule has 0 aliphatic heterocycles. The largest absolute Gasteiger partial charge is 0.461 e. The molecule has 100 valence electrons. The van der Waals surface area contributed by atoms with Crippen LogP contribution in [0.2, 0.25) is 5.02 Å². The van der Waals surface area contributed by atoms with Gasteiger partial charge in [-0.3, -0.25) is 0 Å². The first kappa shape index (κ1) is 15.0. The third-order valence-corrected chi connectivity index (χ3v) is 2.96. The van der Waals surface area contributed by atoms with Crippen molar-refractivity contribution in [3.05, 3.63) is 34.9 Å². The van der Waals surface area contributed by atoms with Crippen molar-refractivity contribution in [3.8, 4) is 0 Å². The fourth-order valence-corrected chi connectivity index (χ4v) is 2.09. The Morgan fingerprint density at radius 2 is 1.94 bits per heavy atom. The molecule has 0 saturated heterocycles. The van der Waals surface area contributed by atoms with E-state index in [1.807, 2.05) is 6.92 Å². The first-order valence-electron chi connectivity index (χ1n) is 6.12. The maximum absolute atomic E-state index is 11.9. The van der Waals surface area contributed by atoms with Gasteiger partial charge in [0.2, 0.25) is 0 Å². The highest BCUT2D eigenvalue weighted by atomic mass is 35.5. The molecule has 0 spiro atoms. The van der Waals surface area contributed by atoms with E-state index >= 15 is 0 Å². The molecule has 2 N–H and O–H groups in total. The van der Waals surface area contributed by atoms with Gasteiger partial charge in [-0.15, -0.1) is 0 Å². The topological polar surface area (TPSA) is 52.3 Å². The molecule has 1 aromatic carbocycles. The summed E-state index contributed by atoms with van der Waals surface area (Å²) in [6.45, 7) is 6.04. The summed E-state index contributed by atoms with van der Waals surface area (Å²) in [5, 5.41) is 0.485. The van der Waals surface area contributed by atoms with Crippen LogP contribution < -0.4 is 5.73 Å². The zero-order valence-electron chi connectivity index (χ0n) is 11.0. The summed E-state index contributed by atoms with van der Waals surface area (Å²) in [6.07, 6.45) is 0.687. The molecule has 1 rings (SSSR count). The molecule has 0 saturated carbocycles. The summed E-state index contributed by atoms with van der Waals surface area (Å²) in [4.78, 5) is 11.9. The number of hydrogen-bond acceptors (Lipinski definition) is 3. The molecule has 18 heavy (non-hydrogen) atoms. The van der Waals surface area contributed by atoms with Crippen molar-refractivity contribution in [2.24, 2.45) is 11.7 Å². The molecule has 0 fully saturated rings. The summed E-state index contributed by atoms with van der Waals surface area (Å²) in [5.41, 5.74) is 6.46. The molecule has 1 aromatic rings. The van der Waals surface area contributed by atoms with Crippen molar-refractivity contribution in [2.45, 2.75) is 39.3 Å². The van der Waals surface area contributed by atoms with Gasteiger partial charge in [0, 0.05) is 5.02 Å². The quantitative estimate of drug-likeness (QED) is 0.835. The Morgan fingerprint density at radius 3 is 2.50 bits per heavy atom. The van der Waals surface area contributed by atoms with Crippen molar-refractivity contribution in [1.82, 2.24) is 0 Å². The Balaban J connectivity index is 2.65. The van der Waals surface area contributed by atoms with Crippen molar-refractivity contribution in [3.63, 3.8) is 0 Å². The predicted octanol–water partition coefficient (Wildman–Crippen LogP) is 3.32. The number of carbonyl (C=O) groups is 1. The van der Waals surface area contributed by atoms with Crippen molar-refractivity contribution in [1.29, 1.82) is 0 Å². The van der Waals surface area contributed by atoms with Crippen LogP contribution in [0, 0.1) is 5.92 Å². The number of carbonyl (C=O) groups excluding carboxylic acids is 1. The maximum Gasteiger partial charge on any atom is 0.327 e. The second-order valence-electron chi connectivity index (χ2n) is 4.88. The molecule has 0 aliphatic carbocycles. The zero-order valence-corrected chi connectivity index (χ0v) is 11.8. The Kier molecular flexibility index (Phi) is 5.63. The average Bonchev–Trinajstić information content (AvgIpc) is 2.27. The van der Waals surface area contributed by atoms with E-state index < -0.39 is 12.0 Å². The SMILES string of the molecule is CC(C)CC(C)OC(=O)[C@H](N)c1ccccc1Cl. The average molecular weight is 270 g/mol. The highest BCUT2D eigenvalue weighted by Crippen LogP contribution is 2.22. The number of benzene rings is 1. The van der Waals surface area contributed by atoms with Gasteiger partial charge in [-0.05, 0) is 30.9 Å². The standard InChI is InChI=1S/C14H20ClNO2/c1-9(2)8-10(3)18-14(17)13(16)11-6-4-5-7-12(11)15/h4-7,9-10,13H,8,16H2,1-3H3/t10?,13-/m1/s1. The minimum atomic E-state index is -0.826. The van der Waals surface area contributed by atoms with E-state index in [0.717, 1.165) is 6.42 Å². The lowest BCUT2D eigenvalue weighted by Gasteiger charge is -2.18. The molecule has 4 heteroatoms. The summed E-state index contributed by atoms with van der Waals surface area (Å²) in [7, 11) is 0. The van der Waals surface area contributed by atoms with Crippen LogP contribution in [0.15, 0.2) is 24.3 Å². The number of ether oxygens (including phenoxy) is 1. The van der Waals surface area contributed by atoms with Crippen LogP contribution in [-0.4, -0.2) is 12.1 Å². The van der Waals surface area contributed by atoms with Crippen LogP contribution >= 0.6 is 11.6 Å². The third kappa shape index (κ3) is 4.31. The summed E-state index contributed by atoms with van der Waals surface area (Å²) in [5.74, 6) is 0.0422. The summed E-state index contributed by atoms with van der Waals surface area (Å²) < 4.78 is 5.31. The van der Waals surface area contributed by atoms with Gasteiger partial charge >= 0.3 is 5.97 Å². The molecule has 0 heterocycles. The lowest BCUT2D eigenvalue weighted by atomic mass is 10.1. The first-order chi connectivity index (χ1) is 8.41. The minimum Gasteiger partial charge on any atom is -0.461 e. The van der Waals surface area contributed by atoms with Gasteiger partial charge in [0.15, 0.2) is 0 Å². The van der Waals surface area contributed by atoms with Crippen LogP contribution in [0.5, 0.6) is 0 Å². The van der Waals surface area contributed by atoms with E-state index in [9.17, 15) is 4.79 Å². The van der Waals surface area contributed by atoms with Crippen LogP contribution in [0.25, 0.3) is 0 Å². The molecule has 0 radical (unpaired) electrons.